The van der Waals surface area contributed by atoms with Crippen LogP contribution in [0.3, 0.4) is 0 Å². The Bertz CT molecular complexity index is 495. The molecule has 0 saturated heterocycles. The lowest BCUT2D eigenvalue weighted by atomic mass is 10.1. The molecule has 1 unspecified atom stereocenters. The zero-order valence-corrected chi connectivity index (χ0v) is 13.7. The molecule has 2 amide bonds. The molecule has 1 aromatic carbocycles. The molecule has 0 radical (unpaired) electrons. The summed E-state index contributed by atoms with van der Waals surface area (Å²) in [5.41, 5.74) is 0.989. The number of amides is 2. The molecule has 3 N–H and O–H groups in total. The average molecular weight is 306 g/mol. The minimum Gasteiger partial charge on any atom is -0.391 e. The highest BCUT2D eigenvalue weighted by Crippen LogP contribution is 2.06. The maximum atomic E-state index is 12.0. The van der Waals surface area contributed by atoms with Crippen molar-refractivity contribution in [2.24, 2.45) is 5.92 Å². The fraction of sp³-hybridized carbons (Fsp3) is 0.529. The summed E-state index contributed by atoms with van der Waals surface area (Å²) >= 11 is 0. The first-order valence-corrected chi connectivity index (χ1v) is 7.66. The Balaban J connectivity index is 2.55. The molecule has 5 heteroatoms. The van der Waals surface area contributed by atoms with E-state index in [1.54, 1.807) is 24.3 Å². The van der Waals surface area contributed by atoms with Gasteiger partial charge in [-0.3, -0.25) is 9.59 Å². The molecule has 5 nitrogen and oxygen atoms in total. The van der Waals surface area contributed by atoms with Crippen LogP contribution < -0.4 is 10.6 Å². The number of benzene rings is 1. The number of carbonyl (C=O) groups is 2. The molecule has 0 aromatic heterocycles. The number of hydrogen-bond donors (Lipinski definition) is 3. The van der Waals surface area contributed by atoms with Gasteiger partial charge in [-0.25, -0.2) is 0 Å². The van der Waals surface area contributed by atoms with E-state index in [0.29, 0.717) is 23.5 Å². The first kappa shape index (κ1) is 18.2. The van der Waals surface area contributed by atoms with Crippen molar-refractivity contribution >= 4 is 11.8 Å². The largest absolute Gasteiger partial charge is 0.391 e. The zero-order chi connectivity index (χ0) is 16.7. The summed E-state index contributed by atoms with van der Waals surface area (Å²) in [5, 5.41) is 15.2. The molecular formula is C17H26N2O3. The first-order chi connectivity index (χ1) is 10.3. The monoisotopic (exact) mass is 306 g/mol. The highest BCUT2D eigenvalue weighted by molar-refractivity contribution is 5.97. The Kier molecular flexibility index (Phi) is 7.05. The fourth-order valence-corrected chi connectivity index (χ4v) is 2.06. The van der Waals surface area contributed by atoms with Gasteiger partial charge in [0.05, 0.1) is 6.10 Å². The van der Waals surface area contributed by atoms with Gasteiger partial charge < -0.3 is 15.7 Å². The summed E-state index contributed by atoms with van der Waals surface area (Å²) in [6.07, 6.45) is 0.106. The summed E-state index contributed by atoms with van der Waals surface area (Å²) in [6.45, 7) is 8.05. The second-order valence-electron chi connectivity index (χ2n) is 6.20. The van der Waals surface area contributed by atoms with Crippen LogP contribution in [0.5, 0.6) is 0 Å². The van der Waals surface area contributed by atoms with Crippen molar-refractivity contribution in [2.75, 3.05) is 6.54 Å². The van der Waals surface area contributed by atoms with Crippen molar-refractivity contribution in [2.45, 2.75) is 46.3 Å². The third-order valence-corrected chi connectivity index (χ3v) is 3.07. The minimum atomic E-state index is -0.542. The van der Waals surface area contributed by atoms with Crippen molar-refractivity contribution in [3.05, 3.63) is 35.4 Å². The lowest BCUT2D eigenvalue weighted by Gasteiger charge is -2.14. The van der Waals surface area contributed by atoms with Crippen LogP contribution in [0.1, 0.15) is 54.8 Å². The molecule has 0 heterocycles. The molecule has 0 aliphatic heterocycles. The van der Waals surface area contributed by atoms with Crippen LogP contribution in [0.25, 0.3) is 0 Å². The van der Waals surface area contributed by atoms with E-state index < -0.39 is 6.10 Å². The first-order valence-electron chi connectivity index (χ1n) is 7.66. The van der Waals surface area contributed by atoms with Crippen LogP contribution in [0.2, 0.25) is 0 Å². The van der Waals surface area contributed by atoms with Crippen LogP contribution >= 0.6 is 0 Å². The van der Waals surface area contributed by atoms with E-state index in [2.05, 4.69) is 10.6 Å². The number of hydrogen-bond acceptors (Lipinski definition) is 3. The Morgan fingerprint density at radius 1 is 1.00 bits per heavy atom. The van der Waals surface area contributed by atoms with E-state index in [0.717, 1.165) is 0 Å². The van der Waals surface area contributed by atoms with Gasteiger partial charge in [0.15, 0.2) is 0 Å². The summed E-state index contributed by atoms with van der Waals surface area (Å²) in [5.74, 6) is -0.0291. The Hall–Kier alpha value is -1.88. The minimum absolute atomic E-state index is 0.0675. The van der Waals surface area contributed by atoms with E-state index in [-0.39, 0.29) is 24.4 Å². The van der Waals surface area contributed by atoms with Crippen LogP contribution in [0.15, 0.2) is 24.3 Å². The van der Waals surface area contributed by atoms with E-state index in [4.69, 9.17) is 0 Å². The zero-order valence-electron chi connectivity index (χ0n) is 13.7. The number of rotatable bonds is 7. The predicted octanol–water partition coefficient (Wildman–Crippen LogP) is 1.96. The second kappa shape index (κ2) is 8.54. The Morgan fingerprint density at radius 2 is 1.50 bits per heavy atom. The molecule has 122 valence electrons. The van der Waals surface area contributed by atoms with Crippen molar-refractivity contribution in [3.63, 3.8) is 0 Å². The lowest BCUT2D eigenvalue weighted by molar-refractivity contribution is 0.0898. The van der Waals surface area contributed by atoms with Gasteiger partial charge in [-0.15, -0.1) is 0 Å². The summed E-state index contributed by atoms with van der Waals surface area (Å²) in [6, 6.07) is 6.53. The van der Waals surface area contributed by atoms with E-state index in [9.17, 15) is 14.7 Å². The maximum absolute atomic E-state index is 12.0. The Morgan fingerprint density at radius 3 is 1.95 bits per heavy atom. The number of nitrogens with one attached hydrogen (secondary N) is 2. The molecule has 0 bridgehead atoms. The standard InChI is InChI=1S/C17H26N2O3/c1-11(2)9-15(20)10-18-16(21)13-5-7-14(8-6-13)17(22)19-12(3)4/h5-8,11-12,15,20H,9-10H2,1-4H3,(H,18,21)(H,19,22). The SMILES string of the molecule is CC(C)CC(O)CNC(=O)c1ccc(C(=O)NC(C)C)cc1. The lowest BCUT2D eigenvalue weighted by Crippen LogP contribution is -2.33. The second-order valence-corrected chi connectivity index (χ2v) is 6.20. The molecule has 0 saturated carbocycles. The number of aliphatic hydroxyl groups excluding tert-OH is 1. The maximum Gasteiger partial charge on any atom is 0.251 e. The van der Waals surface area contributed by atoms with E-state index in [1.807, 2.05) is 27.7 Å². The van der Waals surface area contributed by atoms with Gasteiger partial charge in [0.25, 0.3) is 11.8 Å². The van der Waals surface area contributed by atoms with Gasteiger partial charge in [0, 0.05) is 23.7 Å². The van der Waals surface area contributed by atoms with Crippen LogP contribution in [-0.2, 0) is 0 Å². The molecular weight excluding hydrogens is 280 g/mol. The van der Waals surface area contributed by atoms with E-state index in [1.165, 1.54) is 0 Å². The van der Waals surface area contributed by atoms with Crippen LogP contribution in [-0.4, -0.2) is 35.6 Å². The van der Waals surface area contributed by atoms with Crippen molar-refractivity contribution in [1.29, 1.82) is 0 Å². The topological polar surface area (TPSA) is 78.4 Å². The molecule has 1 aromatic rings. The fourth-order valence-electron chi connectivity index (χ4n) is 2.06. The highest BCUT2D eigenvalue weighted by atomic mass is 16.3. The van der Waals surface area contributed by atoms with Crippen molar-refractivity contribution in [1.82, 2.24) is 10.6 Å². The van der Waals surface area contributed by atoms with Crippen molar-refractivity contribution in [3.8, 4) is 0 Å². The third kappa shape index (κ3) is 6.26. The van der Waals surface area contributed by atoms with Gasteiger partial charge in [-0.05, 0) is 50.5 Å². The molecule has 22 heavy (non-hydrogen) atoms. The van der Waals surface area contributed by atoms with Gasteiger partial charge in [0.1, 0.15) is 0 Å². The third-order valence-electron chi connectivity index (χ3n) is 3.07. The summed E-state index contributed by atoms with van der Waals surface area (Å²) in [4.78, 5) is 23.8. The molecule has 1 atom stereocenters. The number of aliphatic hydroxyl groups is 1. The summed E-state index contributed by atoms with van der Waals surface area (Å²) in [7, 11) is 0. The molecule has 1 rings (SSSR count). The normalized spacial score (nSPS) is 12.3. The molecule has 0 fully saturated rings. The van der Waals surface area contributed by atoms with Gasteiger partial charge >= 0.3 is 0 Å². The quantitative estimate of drug-likeness (QED) is 0.720. The molecule has 0 aliphatic carbocycles. The smallest absolute Gasteiger partial charge is 0.251 e. The van der Waals surface area contributed by atoms with E-state index >= 15 is 0 Å². The predicted molar refractivity (Wildman–Crippen MR) is 86.8 cm³/mol. The average Bonchev–Trinajstić information content (AvgIpc) is 2.43. The highest BCUT2D eigenvalue weighted by Gasteiger charge is 2.12. The van der Waals surface area contributed by atoms with Crippen LogP contribution in [0, 0.1) is 5.92 Å². The molecule has 0 spiro atoms. The molecule has 0 aliphatic rings. The summed E-state index contributed by atoms with van der Waals surface area (Å²) < 4.78 is 0. The van der Waals surface area contributed by atoms with Crippen molar-refractivity contribution < 1.29 is 14.7 Å². The Labute approximate surface area is 132 Å². The number of carbonyl (C=O) groups excluding carboxylic acids is 2. The van der Waals surface area contributed by atoms with Gasteiger partial charge in [-0.1, -0.05) is 13.8 Å². The van der Waals surface area contributed by atoms with Gasteiger partial charge in [0.2, 0.25) is 0 Å². The van der Waals surface area contributed by atoms with Gasteiger partial charge in [-0.2, -0.15) is 0 Å². The van der Waals surface area contributed by atoms with Crippen LogP contribution in [0.4, 0.5) is 0 Å².